The number of carboxylic acids is 1. The number of benzene rings is 2. The molecule has 2 aromatic carbocycles. The van der Waals surface area contributed by atoms with E-state index in [4.69, 9.17) is 0 Å². The molecular weight excluding hydrogens is 334 g/mol. The molecule has 2 rings (SSSR count). The van der Waals surface area contributed by atoms with E-state index >= 15 is 0 Å². The Bertz CT molecular complexity index is 696. The Morgan fingerprint density at radius 1 is 1.05 bits per heavy atom. The molecule has 0 heterocycles. The van der Waals surface area contributed by atoms with Gasteiger partial charge in [0.25, 0.3) is 5.91 Å². The summed E-state index contributed by atoms with van der Waals surface area (Å²) in [5.74, 6) is -1.94. The van der Waals surface area contributed by atoms with Crippen molar-refractivity contribution in [1.82, 2.24) is 5.32 Å². The third kappa shape index (κ3) is 4.29. The van der Waals surface area contributed by atoms with E-state index in [1.54, 1.807) is 48.5 Å². The molecular formula is C16H11BrNO3-. The van der Waals surface area contributed by atoms with Crippen molar-refractivity contribution in [3.05, 3.63) is 75.9 Å². The molecule has 2 aromatic rings. The van der Waals surface area contributed by atoms with Crippen LogP contribution in [0.2, 0.25) is 0 Å². The average molecular weight is 345 g/mol. The molecule has 0 saturated carbocycles. The van der Waals surface area contributed by atoms with Crippen LogP contribution < -0.4 is 10.4 Å². The molecule has 4 nitrogen and oxygen atoms in total. The maximum absolute atomic E-state index is 12.0. The Morgan fingerprint density at radius 2 is 1.76 bits per heavy atom. The summed E-state index contributed by atoms with van der Waals surface area (Å²) in [5.41, 5.74) is 0.720. The first kappa shape index (κ1) is 15.0. The average Bonchev–Trinajstić information content (AvgIpc) is 2.47. The molecule has 21 heavy (non-hydrogen) atoms. The minimum absolute atomic E-state index is 0.290. The molecule has 5 heteroatoms. The molecule has 0 fully saturated rings. The van der Waals surface area contributed by atoms with E-state index in [1.807, 2.05) is 6.07 Å². The van der Waals surface area contributed by atoms with Gasteiger partial charge in [-0.1, -0.05) is 46.3 Å². The highest BCUT2D eigenvalue weighted by molar-refractivity contribution is 9.10. The number of amides is 1. The lowest BCUT2D eigenvalue weighted by Gasteiger charge is -2.11. The predicted octanol–water partition coefficient (Wildman–Crippen LogP) is 1.97. The lowest BCUT2D eigenvalue weighted by atomic mass is 10.1. The molecule has 0 aliphatic carbocycles. The Balaban J connectivity index is 2.24. The van der Waals surface area contributed by atoms with Gasteiger partial charge < -0.3 is 15.2 Å². The lowest BCUT2D eigenvalue weighted by molar-refractivity contribution is -0.299. The fourth-order valence-corrected chi connectivity index (χ4v) is 2.11. The number of halogens is 1. The first-order chi connectivity index (χ1) is 10.1. The molecule has 0 bridgehead atoms. The van der Waals surface area contributed by atoms with E-state index in [1.165, 1.54) is 6.08 Å². The van der Waals surface area contributed by atoms with Crippen molar-refractivity contribution in [2.75, 3.05) is 0 Å². The monoisotopic (exact) mass is 344 g/mol. The largest absolute Gasteiger partial charge is 0.543 e. The number of nitrogens with one attached hydrogen (secondary N) is 1. The molecule has 0 radical (unpaired) electrons. The topological polar surface area (TPSA) is 69.2 Å². The van der Waals surface area contributed by atoms with Crippen molar-refractivity contribution in [2.24, 2.45) is 0 Å². The van der Waals surface area contributed by atoms with Crippen LogP contribution in [0.5, 0.6) is 0 Å². The molecule has 0 aliphatic heterocycles. The van der Waals surface area contributed by atoms with Crippen molar-refractivity contribution in [2.45, 2.75) is 0 Å². The van der Waals surface area contributed by atoms with Gasteiger partial charge in [-0.25, -0.2) is 0 Å². The molecule has 106 valence electrons. The third-order valence-corrected chi connectivity index (χ3v) is 3.16. The van der Waals surface area contributed by atoms with Crippen LogP contribution in [0.3, 0.4) is 0 Å². The van der Waals surface area contributed by atoms with Crippen LogP contribution in [0.4, 0.5) is 0 Å². The van der Waals surface area contributed by atoms with Crippen LogP contribution in [0.15, 0.2) is 64.8 Å². The number of carbonyl (C=O) groups is 2. The lowest BCUT2D eigenvalue weighted by Crippen LogP contribution is -2.35. The maximum Gasteiger partial charge on any atom is 0.255 e. The Hall–Kier alpha value is -2.40. The smallest absolute Gasteiger partial charge is 0.255 e. The summed E-state index contributed by atoms with van der Waals surface area (Å²) in [7, 11) is 0. The Kier molecular flexibility index (Phi) is 4.90. The number of hydrogen-bond donors (Lipinski definition) is 1. The zero-order valence-electron chi connectivity index (χ0n) is 10.9. The quantitative estimate of drug-likeness (QED) is 0.862. The van der Waals surface area contributed by atoms with E-state index in [-0.39, 0.29) is 5.70 Å². The fraction of sp³-hybridized carbons (Fsp3) is 0. The van der Waals surface area contributed by atoms with E-state index in [9.17, 15) is 14.7 Å². The van der Waals surface area contributed by atoms with E-state index < -0.39 is 11.9 Å². The van der Waals surface area contributed by atoms with Crippen molar-refractivity contribution < 1.29 is 14.7 Å². The van der Waals surface area contributed by atoms with Crippen LogP contribution >= 0.6 is 15.9 Å². The maximum atomic E-state index is 12.0. The second-order valence-electron chi connectivity index (χ2n) is 4.22. The fourth-order valence-electron chi connectivity index (χ4n) is 1.69. The number of rotatable bonds is 4. The predicted molar refractivity (Wildman–Crippen MR) is 81.0 cm³/mol. The molecule has 0 atom stereocenters. The number of carbonyl (C=O) groups excluding carboxylic acids is 2. The summed E-state index contributed by atoms with van der Waals surface area (Å²) in [5, 5.41) is 13.5. The third-order valence-electron chi connectivity index (χ3n) is 2.66. The summed E-state index contributed by atoms with van der Waals surface area (Å²) in [6.45, 7) is 0. The minimum atomic E-state index is -1.45. The zero-order chi connectivity index (χ0) is 15.2. The van der Waals surface area contributed by atoms with Crippen LogP contribution in [-0.4, -0.2) is 11.9 Å². The summed E-state index contributed by atoms with van der Waals surface area (Å²) < 4.78 is 0.809. The molecule has 0 aromatic heterocycles. The first-order valence-corrected chi connectivity index (χ1v) is 6.90. The van der Waals surface area contributed by atoms with Gasteiger partial charge in [-0.3, -0.25) is 4.79 Å². The molecule has 0 spiro atoms. The van der Waals surface area contributed by atoms with Gasteiger partial charge in [-0.05, 0) is 35.9 Å². The summed E-state index contributed by atoms with van der Waals surface area (Å²) >= 11 is 3.30. The highest BCUT2D eigenvalue weighted by Crippen LogP contribution is 2.14. The Morgan fingerprint density at radius 3 is 2.38 bits per heavy atom. The molecule has 1 amide bonds. The first-order valence-electron chi connectivity index (χ1n) is 6.11. The van der Waals surface area contributed by atoms with Crippen LogP contribution in [0, 0.1) is 0 Å². The van der Waals surface area contributed by atoms with Crippen LogP contribution in [0.1, 0.15) is 15.9 Å². The van der Waals surface area contributed by atoms with Gasteiger partial charge in [-0.2, -0.15) is 0 Å². The van der Waals surface area contributed by atoms with Gasteiger partial charge in [0.1, 0.15) is 0 Å². The minimum Gasteiger partial charge on any atom is -0.543 e. The molecule has 0 unspecified atom stereocenters. The standard InChI is InChI=1S/C16H12BrNO3/c17-13-8-4-5-11(9-13)10-14(16(20)21)18-15(19)12-6-2-1-3-7-12/h1-10H,(H,18,19)(H,20,21)/p-1/b14-10+. The summed E-state index contributed by atoms with van der Waals surface area (Å²) in [4.78, 5) is 23.1. The van der Waals surface area contributed by atoms with Gasteiger partial charge in [0.15, 0.2) is 0 Å². The molecule has 0 aliphatic rings. The van der Waals surface area contributed by atoms with Crippen molar-refractivity contribution in [3.63, 3.8) is 0 Å². The highest BCUT2D eigenvalue weighted by atomic mass is 79.9. The van der Waals surface area contributed by atoms with Crippen molar-refractivity contribution in [1.29, 1.82) is 0 Å². The summed E-state index contributed by atoms with van der Waals surface area (Å²) in [6.07, 6.45) is 1.35. The number of hydrogen-bond acceptors (Lipinski definition) is 3. The van der Waals surface area contributed by atoms with Crippen LogP contribution in [-0.2, 0) is 4.79 Å². The number of carboxylic acid groups (broad SMARTS) is 1. The SMILES string of the molecule is O=C([O-])/C(=C\c1cccc(Br)c1)NC(=O)c1ccccc1. The zero-order valence-corrected chi connectivity index (χ0v) is 12.5. The van der Waals surface area contributed by atoms with Crippen molar-refractivity contribution >= 4 is 33.9 Å². The van der Waals surface area contributed by atoms with Crippen molar-refractivity contribution in [3.8, 4) is 0 Å². The summed E-state index contributed by atoms with van der Waals surface area (Å²) in [6, 6.07) is 15.4. The normalized spacial score (nSPS) is 11.0. The highest BCUT2D eigenvalue weighted by Gasteiger charge is 2.08. The Labute approximate surface area is 130 Å². The van der Waals surface area contributed by atoms with Gasteiger partial charge >= 0.3 is 0 Å². The second-order valence-corrected chi connectivity index (χ2v) is 5.14. The second kappa shape index (κ2) is 6.85. The van der Waals surface area contributed by atoms with E-state index in [0.29, 0.717) is 11.1 Å². The van der Waals surface area contributed by atoms with E-state index in [0.717, 1.165) is 4.47 Å². The van der Waals surface area contributed by atoms with Gasteiger partial charge in [0.2, 0.25) is 0 Å². The molecule has 1 N–H and O–H groups in total. The van der Waals surface area contributed by atoms with Crippen LogP contribution in [0.25, 0.3) is 6.08 Å². The molecule has 0 saturated heterocycles. The van der Waals surface area contributed by atoms with E-state index in [2.05, 4.69) is 21.2 Å². The van der Waals surface area contributed by atoms with Gasteiger partial charge in [0, 0.05) is 10.0 Å². The van der Waals surface area contributed by atoms with Gasteiger partial charge in [0.05, 0.1) is 11.7 Å². The van der Waals surface area contributed by atoms with Gasteiger partial charge in [-0.15, -0.1) is 0 Å². The number of aliphatic carboxylic acids is 1.